The zero-order chi connectivity index (χ0) is 36.5. The van der Waals surface area contributed by atoms with Crippen molar-refractivity contribution in [1.29, 1.82) is 0 Å². The highest BCUT2D eigenvalue weighted by atomic mass is 15.0. The average Bonchev–Trinajstić information content (AvgIpc) is 3.23. The summed E-state index contributed by atoms with van der Waals surface area (Å²) in [6.45, 7) is 20.0. The zero-order valence-corrected chi connectivity index (χ0v) is 31.4. The van der Waals surface area contributed by atoms with E-state index in [0.717, 1.165) is 28.3 Å². The predicted octanol–water partition coefficient (Wildman–Crippen LogP) is 14.1. The number of benzene rings is 4. The van der Waals surface area contributed by atoms with Gasteiger partial charge in [0.2, 0.25) is 0 Å². The molecule has 0 saturated heterocycles. The van der Waals surface area contributed by atoms with Crippen LogP contribution in [0.4, 0.5) is 11.5 Å². The lowest BCUT2D eigenvalue weighted by Crippen LogP contribution is -1.91. The molecule has 7 rings (SSSR count). The highest BCUT2D eigenvalue weighted by Gasteiger charge is 1.99. The molecule has 3 heterocycles. The van der Waals surface area contributed by atoms with Gasteiger partial charge >= 0.3 is 0 Å². The Kier molecular flexibility index (Phi) is 26.7. The Hall–Kier alpha value is -5.35. The van der Waals surface area contributed by atoms with Crippen molar-refractivity contribution in [2.24, 2.45) is 0 Å². The van der Waals surface area contributed by atoms with Crippen LogP contribution in [0.15, 0.2) is 164 Å². The topological polar surface area (TPSA) is 50.7 Å². The van der Waals surface area contributed by atoms with E-state index in [9.17, 15) is 0 Å². The summed E-state index contributed by atoms with van der Waals surface area (Å²) >= 11 is 0. The first-order chi connectivity index (χ1) is 24.4. The number of fused-ring (bicyclic) bond motifs is 3. The highest BCUT2D eigenvalue weighted by molar-refractivity contribution is 6.04. The molecule has 0 fully saturated rings. The van der Waals surface area contributed by atoms with Gasteiger partial charge in [0.15, 0.2) is 0 Å². The molecule has 0 aliphatic rings. The minimum Gasteiger partial charge on any atom is -0.340 e. The van der Waals surface area contributed by atoms with E-state index in [4.69, 9.17) is 0 Å². The van der Waals surface area contributed by atoms with Crippen molar-refractivity contribution in [3.63, 3.8) is 0 Å². The van der Waals surface area contributed by atoms with Gasteiger partial charge in [-0.25, -0.2) is 4.98 Å². The van der Waals surface area contributed by atoms with Gasteiger partial charge in [0, 0.05) is 40.6 Å². The molecule has 4 aromatic carbocycles. The first-order valence-electron chi connectivity index (χ1n) is 17.8. The SMILES string of the molecule is CC.CC.CC.CC.CC.c1ccc(-c2ccccn2)cc1.c1ccc(Nc2ccccn2)cc1.c1ccc2c(c1)ccc1cccnc12. The molecule has 7 aromatic rings. The van der Waals surface area contributed by atoms with E-state index in [2.05, 4.69) is 74.9 Å². The van der Waals surface area contributed by atoms with Crippen LogP contribution in [-0.2, 0) is 0 Å². The van der Waals surface area contributed by atoms with Gasteiger partial charge in [0.1, 0.15) is 5.82 Å². The van der Waals surface area contributed by atoms with Gasteiger partial charge in [-0.2, -0.15) is 0 Å². The number of hydrogen-bond donors (Lipinski definition) is 1. The molecule has 4 nitrogen and oxygen atoms in total. The van der Waals surface area contributed by atoms with Gasteiger partial charge in [-0.1, -0.05) is 172 Å². The molecule has 3 aromatic heterocycles. The quantitative estimate of drug-likeness (QED) is 0.193. The van der Waals surface area contributed by atoms with Gasteiger partial charge in [0.05, 0.1) is 11.2 Å². The Balaban J connectivity index is 0.000000626. The lowest BCUT2D eigenvalue weighted by Gasteiger charge is -2.03. The van der Waals surface area contributed by atoms with Gasteiger partial charge < -0.3 is 5.32 Å². The Bertz CT molecular complexity index is 1580. The van der Waals surface area contributed by atoms with Crippen LogP contribution in [0.25, 0.3) is 32.9 Å². The molecule has 49 heavy (non-hydrogen) atoms. The Morgan fingerprint density at radius 1 is 0.367 bits per heavy atom. The maximum atomic E-state index is 4.41. The maximum absolute atomic E-state index is 4.41. The van der Waals surface area contributed by atoms with Crippen molar-refractivity contribution >= 4 is 33.2 Å². The zero-order valence-electron chi connectivity index (χ0n) is 31.4. The van der Waals surface area contributed by atoms with Crippen molar-refractivity contribution in [3.8, 4) is 11.3 Å². The van der Waals surface area contributed by atoms with Crippen LogP contribution < -0.4 is 5.32 Å². The van der Waals surface area contributed by atoms with Crippen LogP contribution in [0.2, 0.25) is 0 Å². The van der Waals surface area contributed by atoms with Crippen LogP contribution in [0, 0.1) is 0 Å². The number of anilines is 2. The minimum absolute atomic E-state index is 0.869. The fourth-order valence-corrected chi connectivity index (χ4v) is 4.06. The van der Waals surface area contributed by atoms with Crippen molar-refractivity contribution in [2.45, 2.75) is 69.2 Å². The normalized spacial score (nSPS) is 8.61. The molecule has 0 aliphatic heterocycles. The molecule has 0 bridgehead atoms. The summed E-state index contributed by atoms with van der Waals surface area (Å²) in [5.41, 5.74) is 4.34. The smallest absolute Gasteiger partial charge is 0.130 e. The Morgan fingerprint density at radius 3 is 1.45 bits per heavy atom. The Labute approximate surface area is 297 Å². The lowest BCUT2D eigenvalue weighted by molar-refractivity contribution is 1.31. The molecule has 0 spiro atoms. The second kappa shape index (κ2) is 30.0. The van der Waals surface area contributed by atoms with Crippen LogP contribution in [-0.4, -0.2) is 15.0 Å². The van der Waals surface area contributed by atoms with Crippen LogP contribution in [0.1, 0.15) is 69.2 Å². The summed E-state index contributed by atoms with van der Waals surface area (Å²) in [5.74, 6) is 0.869. The number of nitrogens with zero attached hydrogens (tertiary/aromatic N) is 3. The summed E-state index contributed by atoms with van der Waals surface area (Å²) in [6.07, 6.45) is 5.42. The van der Waals surface area contributed by atoms with Crippen molar-refractivity contribution in [1.82, 2.24) is 15.0 Å². The van der Waals surface area contributed by atoms with Gasteiger partial charge in [-0.3, -0.25) is 9.97 Å². The van der Waals surface area contributed by atoms with E-state index in [-0.39, 0.29) is 0 Å². The minimum atomic E-state index is 0.869. The standard InChI is InChI=1S/C13H9N.C11H10N2.C11H9N.5C2H6/c1-2-6-12-10(4-1)7-8-11-5-3-9-14-13(11)12;1-2-6-10(7-3-1)13-11-8-4-5-9-12-11;1-2-6-10(7-3-1)11-8-4-5-9-12-11;5*1-2/h1-9H;1-9H,(H,12,13);1-9H;5*1-2H3. The third-order valence-corrected chi connectivity index (χ3v) is 5.94. The number of para-hydroxylation sites is 1. The number of pyridine rings is 3. The Morgan fingerprint density at radius 2 is 0.857 bits per heavy atom. The number of hydrogen-bond acceptors (Lipinski definition) is 4. The van der Waals surface area contributed by atoms with E-state index in [1.807, 2.05) is 173 Å². The van der Waals surface area contributed by atoms with Crippen LogP contribution in [0.5, 0.6) is 0 Å². The van der Waals surface area contributed by atoms with Gasteiger partial charge in [0.25, 0.3) is 0 Å². The third kappa shape index (κ3) is 16.4. The molecule has 4 heteroatoms. The maximum Gasteiger partial charge on any atom is 0.130 e. The molecule has 258 valence electrons. The van der Waals surface area contributed by atoms with Crippen molar-refractivity contribution in [2.75, 3.05) is 5.32 Å². The monoisotopic (exact) mass is 654 g/mol. The van der Waals surface area contributed by atoms with Crippen LogP contribution in [0.3, 0.4) is 0 Å². The largest absolute Gasteiger partial charge is 0.340 e. The van der Waals surface area contributed by atoms with Crippen molar-refractivity contribution < 1.29 is 0 Å². The van der Waals surface area contributed by atoms with Crippen LogP contribution >= 0.6 is 0 Å². The van der Waals surface area contributed by atoms with Gasteiger partial charge in [-0.05, 0) is 47.9 Å². The summed E-state index contributed by atoms with van der Waals surface area (Å²) in [4.78, 5) is 12.8. The molecular weight excluding hydrogens is 597 g/mol. The summed E-state index contributed by atoms with van der Waals surface area (Å²) in [5, 5.41) is 6.87. The fraction of sp³-hybridized carbons (Fsp3) is 0.222. The van der Waals surface area contributed by atoms with E-state index in [1.165, 1.54) is 16.2 Å². The summed E-state index contributed by atoms with van der Waals surface area (Å²) in [7, 11) is 0. The predicted molar refractivity (Wildman–Crippen MR) is 220 cm³/mol. The molecule has 0 saturated carbocycles. The van der Waals surface area contributed by atoms with E-state index < -0.39 is 0 Å². The van der Waals surface area contributed by atoms with Crippen molar-refractivity contribution in [3.05, 3.63) is 164 Å². The lowest BCUT2D eigenvalue weighted by atomic mass is 10.1. The van der Waals surface area contributed by atoms with E-state index in [1.54, 1.807) is 6.20 Å². The molecule has 0 atom stereocenters. The fourth-order valence-electron chi connectivity index (χ4n) is 4.06. The molecule has 0 aliphatic carbocycles. The third-order valence-electron chi connectivity index (χ3n) is 5.94. The molecule has 0 unspecified atom stereocenters. The molecular formula is C45H58N4. The number of rotatable bonds is 3. The van der Waals surface area contributed by atoms with E-state index >= 15 is 0 Å². The molecule has 0 radical (unpaired) electrons. The summed E-state index contributed by atoms with van der Waals surface area (Å²) in [6, 6.07) is 48.5. The second-order valence-electron chi connectivity index (χ2n) is 8.65. The first kappa shape index (κ1) is 43.7. The average molecular weight is 655 g/mol. The van der Waals surface area contributed by atoms with Gasteiger partial charge in [-0.15, -0.1) is 0 Å². The highest BCUT2D eigenvalue weighted by Crippen LogP contribution is 2.22. The number of aromatic nitrogens is 3. The molecule has 0 amide bonds. The number of nitrogens with one attached hydrogen (secondary N) is 1. The first-order valence-corrected chi connectivity index (χ1v) is 17.8. The van der Waals surface area contributed by atoms with E-state index in [0.29, 0.717) is 0 Å². The summed E-state index contributed by atoms with van der Waals surface area (Å²) < 4.78 is 0. The second-order valence-corrected chi connectivity index (χ2v) is 8.65. The molecule has 1 N–H and O–H groups in total.